The number of para-hydroxylation sites is 1. The zero-order valence-electron chi connectivity index (χ0n) is 16.9. The third-order valence-electron chi connectivity index (χ3n) is 4.34. The number of sulfonamides is 1. The smallest absolute Gasteiger partial charge is 0.240 e. The number of carbonyl (C=O) groups excluding carboxylic acids is 1. The summed E-state index contributed by atoms with van der Waals surface area (Å²) < 4.78 is 31.1. The van der Waals surface area contributed by atoms with Gasteiger partial charge < -0.3 is 10.1 Å². The normalized spacial score (nSPS) is 11.2. The van der Waals surface area contributed by atoms with Crippen molar-refractivity contribution >= 4 is 33.2 Å². The fraction of sp³-hybridized carbons (Fsp3) is 0.381. The number of benzene rings is 2. The van der Waals surface area contributed by atoms with Crippen LogP contribution in [0.2, 0.25) is 5.02 Å². The van der Waals surface area contributed by atoms with E-state index in [-0.39, 0.29) is 12.5 Å². The number of hydrogen-bond donors (Lipinski definition) is 1. The van der Waals surface area contributed by atoms with Crippen LogP contribution in [-0.2, 0) is 21.2 Å². The Morgan fingerprint density at radius 1 is 1.21 bits per heavy atom. The van der Waals surface area contributed by atoms with Gasteiger partial charge in [-0.2, -0.15) is 0 Å². The second-order valence-electron chi connectivity index (χ2n) is 6.69. The molecular formula is C21H27ClN2O4S. The summed E-state index contributed by atoms with van der Waals surface area (Å²) in [6.07, 6.45) is 2.54. The Morgan fingerprint density at radius 2 is 1.93 bits per heavy atom. The molecule has 0 fully saturated rings. The van der Waals surface area contributed by atoms with Crippen molar-refractivity contribution in [3.05, 3.63) is 58.6 Å². The molecule has 0 saturated carbocycles. The molecule has 0 bridgehead atoms. The fourth-order valence-corrected chi connectivity index (χ4v) is 4.00. The fourth-order valence-electron chi connectivity index (χ4n) is 2.93. The van der Waals surface area contributed by atoms with Gasteiger partial charge in [-0.15, -0.1) is 0 Å². The third kappa shape index (κ3) is 6.94. The number of nitrogens with one attached hydrogen (secondary N) is 1. The van der Waals surface area contributed by atoms with E-state index in [0.29, 0.717) is 30.3 Å². The lowest BCUT2D eigenvalue weighted by atomic mass is 10.1. The van der Waals surface area contributed by atoms with Gasteiger partial charge in [0.15, 0.2) is 0 Å². The van der Waals surface area contributed by atoms with E-state index in [9.17, 15) is 13.2 Å². The molecule has 0 aromatic heterocycles. The summed E-state index contributed by atoms with van der Waals surface area (Å²) in [5.41, 5.74) is 2.21. The minimum absolute atomic E-state index is 0.296. The number of carbonyl (C=O) groups is 1. The largest absolute Gasteiger partial charge is 0.494 e. The highest BCUT2D eigenvalue weighted by Gasteiger charge is 2.22. The molecule has 0 spiro atoms. The van der Waals surface area contributed by atoms with Crippen LogP contribution in [0.15, 0.2) is 42.5 Å². The third-order valence-corrected chi connectivity index (χ3v) is 5.71. The summed E-state index contributed by atoms with van der Waals surface area (Å²) in [7, 11) is -3.64. The van der Waals surface area contributed by atoms with Gasteiger partial charge in [0.25, 0.3) is 0 Å². The molecule has 0 saturated heterocycles. The first kappa shape index (κ1) is 23.0. The van der Waals surface area contributed by atoms with Gasteiger partial charge in [-0.1, -0.05) is 35.9 Å². The van der Waals surface area contributed by atoms with Crippen LogP contribution in [0.5, 0.6) is 5.75 Å². The highest BCUT2D eigenvalue weighted by Crippen LogP contribution is 2.26. The Hall–Kier alpha value is -2.25. The van der Waals surface area contributed by atoms with Crippen LogP contribution in [0, 0.1) is 6.92 Å². The van der Waals surface area contributed by atoms with E-state index in [0.717, 1.165) is 33.9 Å². The van der Waals surface area contributed by atoms with Crippen molar-refractivity contribution in [2.75, 3.05) is 30.3 Å². The Bertz CT molecular complexity index is 947. The Kier molecular flexibility index (Phi) is 8.34. The van der Waals surface area contributed by atoms with Crippen molar-refractivity contribution in [2.45, 2.75) is 26.7 Å². The highest BCUT2D eigenvalue weighted by atomic mass is 35.5. The maximum atomic E-state index is 12.4. The number of halogens is 1. The maximum Gasteiger partial charge on any atom is 0.240 e. The summed E-state index contributed by atoms with van der Waals surface area (Å²) >= 11 is 6.01. The van der Waals surface area contributed by atoms with Gasteiger partial charge in [-0.25, -0.2) is 8.42 Å². The zero-order valence-corrected chi connectivity index (χ0v) is 18.5. The van der Waals surface area contributed by atoms with E-state index in [1.54, 1.807) is 25.1 Å². The lowest BCUT2D eigenvalue weighted by Gasteiger charge is -2.23. The van der Waals surface area contributed by atoms with Gasteiger partial charge in [0.05, 0.1) is 18.6 Å². The number of anilines is 1. The second-order valence-corrected chi connectivity index (χ2v) is 9.04. The number of amides is 1. The first-order valence-electron chi connectivity index (χ1n) is 9.43. The van der Waals surface area contributed by atoms with Crippen molar-refractivity contribution in [2.24, 2.45) is 0 Å². The van der Waals surface area contributed by atoms with E-state index in [2.05, 4.69) is 5.32 Å². The number of ether oxygens (including phenoxy) is 1. The molecule has 0 aliphatic rings. The van der Waals surface area contributed by atoms with Gasteiger partial charge >= 0.3 is 0 Å². The lowest BCUT2D eigenvalue weighted by molar-refractivity contribution is -0.119. The van der Waals surface area contributed by atoms with Gasteiger partial charge in [0, 0.05) is 11.6 Å². The molecule has 8 heteroatoms. The molecule has 29 heavy (non-hydrogen) atoms. The second kappa shape index (κ2) is 10.5. The number of rotatable bonds is 10. The van der Waals surface area contributed by atoms with Crippen LogP contribution in [0.3, 0.4) is 0 Å². The van der Waals surface area contributed by atoms with Crippen molar-refractivity contribution in [1.29, 1.82) is 0 Å². The standard InChI is InChI=1S/C21H27ClN2O4S/c1-4-28-20-10-6-5-8-17(20)9-7-13-23-21(25)15-24(29(3,26)27)19-14-18(22)12-11-16(19)2/h5-6,8,10-12,14H,4,7,9,13,15H2,1-3H3,(H,23,25). The van der Waals surface area contributed by atoms with Gasteiger partial charge in [0.1, 0.15) is 12.3 Å². The van der Waals surface area contributed by atoms with Crippen LogP contribution in [0.1, 0.15) is 24.5 Å². The molecule has 2 rings (SSSR count). The molecule has 0 heterocycles. The van der Waals surface area contributed by atoms with E-state index >= 15 is 0 Å². The molecule has 0 radical (unpaired) electrons. The SMILES string of the molecule is CCOc1ccccc1CCCNC(=O)CN(c1cc(Cl)ccc1C)S(C)(=O)=O. The van der Waals surface area contributed by atoms with E-state index in [1.165, 1.54) is 0 Å². The number of nitrogens with zero attached hydrogens (tertiary/aromatic N) is 1. The monoisotopic (exact) mass is 438 g/mol. The minimum atomic E-state index is -3.64. The highest BCUT2D eigenvalue weighted by molar-refractivity contribution is 7.92. The van der Waals surface area contributed by atoms with Crippen LogP contribution in [-0.4, -0.2) is 40.3 Å². The van der Waals surface area contributed by atoms with Gasteiger partial charge in [0.2, 0.25) is 15.9 Å². The number of hydrogen-bond acceptors (Lipinski definition) is 4. The molecule has 1 amide bonds. The molecular weight excluding hydrogens is 412 g/mol. The van der Waals surface area contributed by atoms with Crippen LogP contribution in [0.4, 0.5) is 5.69 Å². The Labute approximate surface area is 177 Å². The predicted octanol–water partition coefficient (Wildman–Crippen LogP) is 3.56. The molecule has 0 atom stereocenters. The molecule has 0 unspecified atom stereocenters. The van der Waals surface area contributed by atoms with Crippen molar-refractivity contribution < 1.29 is 17.9 Å². The van der Waals surface area contributed by atoms with Crippen LogP contribution < -0.4 is 14.4 Å². The van der Waals surface area contributed by atoms with Crippen molar-refractivity contribution in [3.63, 3.8) is 0 Å². The van der Waals surface area contributed by atoms with Crippen LogP contribution >= 0.6 is 11.6 Å². The van der Waals surface area contributed by atoms with Crippen LogP contribution in [0.25, 0.3) is 0 Å². The topological polar surface area (TPSA) is 75.7 Å². The van der Waals surface area contributed by atoms with Gasteiger partial charge in [-0.05, 0) is 56.0 Å². The summed E-state index contributed by atoms with van der Waals surface area (Å²) in [6, 6.07) is 12.8. The first-order valence-corrected chi connectivity index (χ1v) is 11.7. The molecule has 158 valence electrons. The maximum absolute atomic E-state index is 12.4. The molecule has 0 aliphatic heterocycles. The molecule has 2 aromatic carbocycles. The summed E-state index contributed by atoms with van der Waals surface area (Å²) in [5.74, 6) is 0.480. The molecule has 2 aromatic rings. The zero-order chi connectivity index (χ0) is 21.4. The van der Waals surface area contributed by atoms with E-state index < -0.39 is 10.0 Å². The predicted molar refractivity (Wildman–Crippen MR) is 117 cm³/mol. The quantitative estimate of drug-likeness (QED) is 0.575. The average Bonchev–Trinajstić information content (AvgIpc) is 2.66. The number of aryl methyl sites for hydroxylation is 2. The molecule has 0 aliphatic carbocycles. The van der Waals surface area contributed by atoms with Crippen molar-refractivity contribution in [1.82, 2.24) is 5.32 Å². The first-order chi connectivity index (χ1) is 13.7. The Balaban J connectivity index is 1.95. The minimum Gasteiger partial charge on any atom is -0.494 e. The summed E-state index contributed by atoms with van der Waals surface area (Å²) in [4.78, 5) is 12.4. The van der Waals surface area contributed by atoms with E-state index in [1.807, 2.05) is 31.2 Å². The van der Waals surface area contributed by atoms with E-state index in [4.69, 9.17) is 16.3 Å². The van der Waals surface area contributed by atoms with Crippen molar-refractivity contribution in [3.8, 4) is 5.75 Å². The molecule has 6 nitrogen and oxygen atoms in total. The lowest BCUT2D eigenvalue weighted by Crippen LogP contribution is -2.41. The summed E-state index contributed by atoms with van der Waals surface area (Å²) in [6.45, 7) is 4.45. The van der Waals surface area contributed by atoms with Gasteiger partial charge in [-0.3, -0.25) is 9.10 Å². The summed E-state index contributed by atoms with van der Waals surface area (Å²) in [5, 5.41) is 3.20. The average molecular weight is 439 g/mol. The Morgan fingerprint density at radius 3 is 2.62 bits per heavy atom. The molecule has 1 N–H and O–H groups in total.